The van der Waals surface area contributed by atoms with Crippen LogP contribution in [0.3, 0.4) is 0 Å². The number of nitrogens with zero attached hydrogens (tertiary/aromatic N) is 1. The van der Waals surface area contributed by atoms with Crippen LogP contribution in [0.15, 0.2) is 24.4 Å². The van der Waals surface area contributed by atoms with Crippen molar-refractivity contribution in [1.82, 2.24) is 20.9 Å². The van der Waals surface area contributed by atoms with Gasteiger partial charge in [-0.2, -0.15) is 0 Å². The third-order valence-electron chi connectivity index (χ3n) is 4.93. The molecular weight excluding hydrogens is 418 g/mol. The molecule has 0 aromatic carbocycles. The average Bonchev–Trinajstić information content (AvgIpc) is 3.14. The van der Waals surface area contributed by atoms with Crippen LogP contribution in [0.5, 0.6) is 0 Å². The van der Waals surface area contributed by atoms with Gasteiger partial charge in [0.1, 0.15) is 0 Å². The maximum Gasteiger partial charge on any atom is 0.405 e. The van der Waals surface area contributed by atoms with Gasteiger partial charge in [-0.3, -0.25) is 24.2 Å². The summed E-state index contributed by atoms with van der Waals surface area (Å²) in [6.07, 6.45) is -0.210. The van der Waals surface area contributed by atoms with Crippen molar-refractivity contribution in [2.75, 3.05) is 6.54 Å². The molecule has 5 N–H and O–H groups in total. The first-order valence-corrected chi connectivity index (χ1v) is 10.4. The Morgan fingerprint density at radius 2 is 2.03 bits per heavy atom. The van der Waals surface area contributed by atoms with E-state index in [1.165, 1.54) is 0 Å². The van der Waals surface area contributed by atoms with Crippen LogP contribution in [-0.2, 0) is 30.5 Å². The lowest BCUT2D eigenvalue weighted by Crippen LogP contribution is -2.52. The molecule has 32 heavy (non-hydrogen) atoms. The van der Waals surface area contributed by atoms with Gasteiger partial charge in [-0.1, -0.05) is 19.9 Å². The van der Waals surface area contributed by atoms with Crippen molar-refractivity contribution in [3.63, 3.8) is 0 Å². The first-order valence-electron chi connectivity index (χ1n) is 10.4. The summed E-state index contributed by atoms with van der Waals surface area (Å²) < 4.78 is 4.89. The van der Waals surface area contributed by atoms with Crippen LogP contribution in [-0.4, -0.2) is 53.3 Å². The molecule has 11 nitrogen and oxygen atoms in total. The Kier molecular flexibility index (Phi) is 9.11. The highest BCUT2D eigenvalue weighted by Crippen LogP contribution is 2.18. The van der Waals surface area contributed by atoms with Crippen LogP contribution in [0.1, 0.15) is 38.8 Å². The van der Waals surface area contributed by atoms with Gasteiger partial charge in [-0.05, 0) is 37.3 Å². The van der Waals surface area contributed by atoms with Gasteiger partial charge in [-0.15, -0.1) is 0 Å². The number of nitrogens with two attached hydrogens (primary N) is 1. The van der Waals surface area contributed by atoms with Crippen LogP contribution in [0.2, 0.25) is 0 Å². The maximum atomic E-state index is 12.9. The predicted octanol–water partition coefficient (Wildman–Crippen LogP) is -0.212. The van der Waals surface area contributed by atoms with E-state index >= 15 is 0 Å². The molecule has 11 heteroatoms. The Morgan fingerprint density at radius 1 is 1.28 bits per heavy atom. The van der Waals surface area contributed by atoms with E-state index in [0.29, 0.717) is 18.7 Å². The summed E-state index contributed by atoms with van der Waals surface area (Å²) in [5.74, 6) is -3.38. The summed E-state index contributed by atoms with van der Waals surface area (Å²) in [6.45, 7) is 4.12. The summed E-state index contributed by atoms with van der Waals surface area (Å²) in [5, 5.41) is 7.61. The molecule has 1 aromatic rings. The summed E-state index contributed by atoms with van der Waals surface area (Å²) in [5.41, 5.74) is 5.61. The quantitative estimate of drug-likeness (QED) is 0.340. The number of pyridine rings is 1. The number of amides is 4. The fraction of sp³-hybridized carbons (Fsp3) is 0.524. The van der Waals surface area contributed by atoms with E-state index in [0.717, 1.165) is 0 Å². The second-order valence-electron chi connectivity index (χ2n) is 8.00. The van der Waals surface area contributed by atoms with Crippen LogP contribution >= 0.6 is 0 Å². The zero-order valence-electron chi connectivity index (χ0n) is 18.1. The molecule has 4 amide bonds. The number of nitrogens with one attached hydrogen (secondary N) is 3. The molecule has 2 heterocycles. The number of ketones is 1. The fourth-order valence-corrected chi connectivity index (χ4v) is 3.35. The van der Waals surface area contributed by atoms with Crippen molar-refractivity contribution < 1.29 is 28.7 Å². The second-order valence-corrected chi connectivity index (χ2v) is 8.00. The zero-order valence-corrected chi connectivity index (χ0v) is 18.1. The Labute approximate surface area is 185 Å². The number of hydrogen-bond donors (Lipinski definition) is 4. The summed E-state index contributed by atoms with van der Waals surface area (Å²) >= 11 is 0. The van der Waals surface area contributed by atoms with E-state index in [1.807, 2.05) is 13.8 Å². The van der Waals surface area contributed by atoms with Crippen molar-refractivity contribution >= 4 is 29.6 Å². The van der Waals surface area contributed by atoms with Gasteiger partial charge in [0.2, 0.25) is 11.7 Å². The van der Waals surface area contributed by atoms with Gasteiger partial charge in [0.15, 0.2) is 6.10 Å². The van der Waals surface area contributed by atoms with Crippen molar-refractivity contribution in [1.29, 1.82) is 0 Å². The van der Waals surface area contributed by atoms with E-state index in [2.05, 4.69) is 20.9 Å². The Morgan fingerprint density at radius 3 is 2.59 bits per heavy atom. The van der Waals surface area contributed by atoms with Crippen molar-refractivity contribution in [3.8, 4) is 0 Å². The van der Waals surface area contributed by atoms with E-state index in [1.54, 1.807) is 24.4 Å². The lowest BCUT2D eigenvalue weighted by atomic mass is 9.95. The minimum absolute atomic E-state index is 0.0125. The standard InChI is InChI=1S/C21H29N5O6/c1-12(2)9-16(32-21(22)31)19(29)26-15(10-13-6-8-24-18(13)28)17(27)20(30)25-11-14-5-3-4-7-23-14/h3-5,7,12-13,15-16H,6,8-11H2,1-2H3,(H2,22,31)(H,24,28)(H,25,30)(H,26,29)/t13-,15-,16-/m0/s1. The molecule has 0 spiro atoms. The van der Waals surface area contributed by atoms with E-state index in [9.17, 15) is 24.0 Å². The smallest absolute Gasteiger partial charge is 0.405 e. The SMILES string of the molecule is CC(C)C[C@H](OC(N)=O)C(=O)N[C@@H](C[C@@H]1CCNC1=O)C(=O)C(=O)NCc1ccccn1. The van der Waals surface area contributed by atoms with Crippen molar-refractivity contribution in [2.45, 2.75) is 51.8 Å². The molecule has 3 atom stereocenters. The van der Waals surface area contributed by atoms with Gasteiger partial charge in [0, 0.05) is 18.7 Å². The molecule has 1 aromatic heterocycles. The van der Waals surface area contributed by atoms with E-state index < -0.39 is 41.8 Å². The summed E-state index contributed by atoms with van der Waals surface area (Å²) in [4.78, 5) is 65.3. The third-order valence-corrected chi connectivity index (χ3v) is 4.93. The largest absolute Gasteiger partial charge is 0.436 e. The van der Waals surface area contributed by atoms with E-state index in [-0.39, 0.29) is 31.2 Å². The summed E-state index contributed by atoms with van der Waals surface area (Å²) in [6, 6.07) is 3.87. The average molecular weight is 447 g/mol. The van der Waals surface area contributed by atoms with Gasteiger partial charge in [0.05, 0.1) is 18.3 Å². The van der Waals surface area contributed by atoms with Crippen LogP contribution in [0.25, 0.3) is 0 Å². The number of rotatable bonds is 11. The first-order chi connectivity index (χ1) is 15.2. The summed E-state index contributed by atoms with van der Waals surface area (Å²) in [7, 11) is 0. The molecule has 0 unspecified atom stereocenters. The van der Waals surface area contributed by atoms with Gasteiger partial charge < -0.3 is 26.4 Å². The minimum atomic E-state index is -1.27. The highest BCUT2D eigenvalue weighted by molar-refractivity contribution is 6.38. The third kappa shape index (κ3) is 7.64. The highest BCUT2D eigenvalue weighted by Gasteiger charge is 2.36. The highest BCUT2D eigenvalue weighted by atomic mass is 16.6. The number of ether oxygens (including phenoxy) is 1. The number of primary amides is 1. The molecule has 1 saturated heterocycles. The van der Waals surface area contributed by atoms with Crippen LogP contribution in [0, 0.1) is 11.8 Å². The molecule has 1 aliphatic heterocycles. The first kappa shape index (κ1) is 24.8. The van der Waals surface area contributed by atoms with Gasteiger partial charge in [-0.25, -0.2) is 4.79 Å². The molecule has 2 rings (SSSR count). The lowest BCUT2D eigenvalue weighted by Gasteiger charge is -2.23. The predicted molar refractivity (Wildman–Crippen MR) is 113 cm³/mol. The molecule has 0 radical (unpaired) electrons. The molecule has 0 aliphatic carbocycles. The molecule has 1 fully saturated rings. The zero-order chi connectivity index (χ0) is 23.7. The maximum absolute atomic E-state index is 12.9. The lowest BCUT2D eigenvalue weighted by molar-refractivity contribution is -0.142. The Hall–Kier alpha value is -3.50. The number of carbonyl (C=O) groups is 5. The molecule has 0 saturated carbocycles. The topological polar surface area (TPSA) is 170 Å². The van der Waals surface area contributed by atoms with Gasteiger partial charge >= 0.3 is 6.09 Å². The normalized spacial score (nSPS) is 17.2. The van der Waals surface area contributed by atoms with Crippen LogP contribution in [0.4, 0.5) is 4.79 Å². The Bertz CT molecular complexity index is 844. The number of hydrogen-bond acceptors (Lipinski definition) is 7. The second kappa shape index (κ2) is 11.8. The van der Waals surface area contributed by atoms with Gasteiger partial charge in [0.25, 0.3) is 11.8 Å². The van der Waals surface area contributed by atoms with Crippen molar-refractivity contribution in [3.05, 3.63) is 30.1 Å². The van der Waals surface area contributed by atoms with E-state index in [4.69, 9.17) is 10.5 Å². The number of carbonyl (C=O) groups excluding carboxylic acids is 5. The van der Waals surface area contributed by atoms with Crippen molar-refractivity contribution in [2.24, 2.45) is 17.6 Å². The number of Topliss-reactive ketones (excluding diaryl/α,β-unsaturated/α-hetero) is 1. The fourth-order valence-electron chi connectivity index (χ4n) is 3.35. The molecule has 1 aliphatic rings. The molecular formula is C21H29N5O6. The Balaban J connectivity index is 2.11. The molecule has 174 valence electrons. The monoisotopic (exact) mass is 447 g/mol. The van der Waals surface area contributed by atoms with Crippen LogP contribution < -0.4 is 21.7 Å². The minimum Gasteiger partial charge on any atom is -0.436 e. The molecule has 0 bridgehead atoms. The number of aromatic nitrogens is 1.